The topological polar surface area (TPSA) is 68.0 Å². The molecular weight excluding hydrogens is 348 g/mol. The highest BCUT2D eigenvalue weighted by Crippen LogP contribution is 2.18. The zero-order valence-electron chi connectivity index (χ0n) is 13.1. The number of nitrogens with one attached hydrogen (secondary N) is 1. The second kappa shape index (κ2) is 7.43. The van der Waals surface area contributed by atoms with Crippen molar-refractivity contribution in [2.24, 2.45) is 0 Å². The number of aromatic nitrogens is 2. The highest BCUT2D eigenvalue weighted by molar-refractivity contribution is 7.98. The first-order chi connectivity index (χ1) is 12.0. The first-order valence-corrected chi connectivity index (χ1v) is 8.49. The number of hydrogen-bond donors (Lipinski definition) is 1. The molecular formula is C17H13F2N3O2S. The second-order valence-corrected chi connectivity index (χ2v) is 5.98. The lowest BCUT2D eigenvalue weighted by Crippen LogP contribution is -2.14. The van der Waals surface area contributed by atoms with Crippen molar-refractivity contribution in [1.82, 2.24) is 10.2 Å². The number of benzene rings is 2. The molecule has 0 saturated carbocycles. The van der Waals surface area contributed by atoms with E-state index in [1.54, 1.807) is 11.8 Å². The van der Waals surface area contributed by atoms with Gasteiger partial charge in [-0.2, -0.15) is 0 Å². The number of rotatable bonds is 5. The van der Waals surface area contributed by atoms with Crippen LogP contribution in [-0.4, -0.2) is 22.4 Å². The molecule has 25 heavy (non-hydrogen) atoms. The number of thioether (sulfide) groups is 1. The van der Waals surface area contributed by atoms with E-state index >= 15 is 0 Å². The molecule has 0 radical (unpaired) electrons. The molecule has 1 N–H and O–H groups in total. The number of carbonyl (C=O) groups is 1. The average molecular weight is 361 g/mol. The molecule has 0 spiro atoms. The summed E-state index contributed by atoms with van der Waals surface area (Å²) in [5.41, 5.74) is 0.665. The minimum Gasteiger partial charge on any atom is -0.407 e. The Labute approximate surface area is 146 Å². The molecule has 1 aromatic heterocycles. The van der Waals surface area contributed by atoms with E-state index in [0.29, 0.717) is 18.4 Å². The maximum Gasteiger partial charge on any atom is 0.322 e. The van der Waals surface area contributed by atoms with Crippen LogP contribution in [0.5, 0.6) is 0 Å². The molecule has 0 aliphatic heterocycles. The van der Waals surface area contributed by atoms with Crippen LogP contribution in [0.25, 0.3) is 0 Å². The first-order valence-electron chi connectivity index (χ1n) is 7.27. The molecule has 1 amide bonds. The predicted molar refractivity (Wildman–Crippen MR) is 89.6 cm³/mol. The van der Waals surface area contributed by atoms with Crippen molar-refractivity contribution in [3.63, 3.8) is 0 Å². The van der Waals surface area contributed by atoms with Gasteiger partial charge in [0.1, 0.15) is 11.6 Å². The van der Waals surface area contributed by atoms with Crippen LogP contribution in [0.15, 0.2) is 51.8 Å². The fourth-order valence-electron chi connectivity index (χ4n) is 2.13. The van der Waals surface area contributed by atoms with E-state index in [1.807, 2.05) is 30.5 Å². The Morgan fingerprint density at radius 3 is 2.60 bits per heavy atom. The monoisotopic (exact) mass is 361 g/mol. The smallest absolute Gasteiger partial charge is 0.322 e. The van der Waals surface area contributed by atoms with Gasteiger partial charge in [0.05, 0.1) is 12.0 Å². The van der Waals surface area contributed by atoms with Crippen molar-refractivity contribution in [3.05, 3.63) is 71.1 Å². The van der Waals surface area contributed by atoms with Crippen molar-refractivity contribution >= 4 is 23.7 Å². The molecule has 8 heteroatoms. The quantitative estimate of drug-likeness (QED) is 0.698. The molecule has 0 aliphatic rings. The molecule has 128 valence electrons. The molecule has 5 nitrogen and oxygen atoms in total. The number of nitrogens with zero attached hydrogens (tertiary/aromatic N) is 2. The van der Waals surface area contributed by atoms with Crippen molar-refractivity contribution in [1.29, 1.82) is 0 Å². The van der Waals surface area contributed by atoms with Gasteiger partial charge in [0.15, 0.2) is 0 Å². The number of hydrogen-bond acceptors (Lipinski definition) is 5. The Hall–Kier alpha value is -2.74. The molecule has 0 unspecified atom stereocenters. The van der Waals surface area contributed by atoms with Gasteiger partial charge >= 0.3 is 6.01 Å². The van der Waals surface area contributed by atoms with Crippen molar-refractivity contribution < 1.29 is 18.0 Å². The largest absolute Gasteiger partial charge is 0.407 e. The van der Waals surface area contributed by atoms with E-state index in [1.165, 1.54) is 0 Å². The van der Waals surface area contributed by atoms with Crippen LogP contribution in [0.4, 0.5) is 14.8 Å². The Balaban J connectivity index is 1.67. The third-order valence-corrected chi connectivity index (χ3v) is 4.12. The standard InChI is InChI=1S/C17H13F2N3O2S/c1-25-12-5-2-10(3-6-12)8-15-21-22-17(24-15)20-16(23)13-7-4-11(18)9-14(13)19/h2-7,9H,8H2,1H3,(H,20,22,23). The van der Waals surface area contributed by atoms with E-state index in [0.717, 1.165) is 22.6 Å². The van der Waals surface area contributed by atoms with Crippen LogP contribution in [0.2, 0.25) is 0 Å². The number of anilines is 1. The SMILES string of the molecule is CSc1ccc(Cc2nnc(NC(=O)c3ccc(F)cc3F)o2)cc1. The van der Waals surface area contributed by atoms with Crippen LogP contribution in [-0.2, 0) is 6.42 Å². The third kappa shape index (κ3) is 4.21. The van der Waals surface area contributed by atoms with Gasteiger partial charge in [-0.05, 0) is 36.1 Å². The summed E-state index contributed by atoms with van der Waals surface area (Å²) in [5.74, 6) is -2.21. The van der Waals surface area contributed by atoms with E-state index in [-0.39, 0.29) is 11.6 Å². The zero-order valence-corrected chi connectivity index (χ0v) is 13.9. The third-order valence-electron chi connectivity index (χ3n) is 3.38. The lowest BCUT2D eigenvalue weighted by atomic mass is 10.1. The lowest BCUT2D eigenvalue weighted by Gasteiger charge is -2.02. The van der Waals surface area contributed by atoms with E-state index in [2.05, 4.69) is 15.5 Å². The second-order valence-electron chi connectivity index (χ2n) is 5.10. The summed E-state index contributed by atoms with van der Waals surface area (Å²) in [7, 11) is 0. The summed E-state index contributed by atoms with van der Waals surface area (Å²) >= 11 is 1.64. The molecule has 0 fully saturated rings. The van der Waals surface area contributed by atoms with Gasteiger partial charge in [-0.25, -0.2) is 8.78 Å². The summed E-state index contributed by atoms with van der Waals surface area (Å²) < 4.78 is 31.8. The van der Waals surface area contributed by atoms with Crippen molar-refractivity contribution in [2.75, 3.05) is 11.6 Å². The fraction of sp³-hybridized carbons (Fsp3) is 0.118. The van der Waals surface area contributed by atoms with Crippen LogP contribution >= 0.6 is 11.8 Å². The van der Waals surface area contributed by atoms with Gasteiger partial charge in [-0.15, -0.1) is 16.9 Å². The maximum absolute atomic E-state index is 13.6. The summed E-state index contributed by atoms with van der Waals surface area (Å²) in [4.78, 5) is 13.1. The normalized spacial score (nSPS) is 10.7. The highest BCUT2D eigenvalue weighted by atomic mass is 32.2. The van der Waals surface area contributed by atoms with Gasteiger partial charge in [0.25, 0.3) is 5.91 Å². The molecule has 3 aromatic rings. The summed E-state index contributed by atoms with van der Waals surface area (Å²) in [5, 5.41) is 9.85. The van der Waals surface area contributed by atoms with Crippen molar-refractivity contribution in [3.8, 4) is 0 Å². The minimum atomic E-state index is -0.967. The molecule has 0 bridgehead atoms. The Morgan fingerprint density at radius 1 is 1.16 bits per heavy atom. The first kappa shape index (κ1) is 17.1. The van der Waals surface area contributed by atoms with Gasteiger partial charge in [0, 0.05) is 11.0 Å². The molecule has 0 aliphatic carbocycles. The Kier molecular flexibility index (Phi) is 5.08. The molecule has 0 saturated heterocycles. The molecule has 3 rings (SSSR count). The zero-order chi connectivity index (χ0) is 17.8. The number of amides is 1. The van der Waals surface area contributed by atoms with Crippen LogP contribution in [0.3, 0.4) is 0 Å². The maximum atomic E-state index is 13.6. The Bertz CT molecular complexity index is 897. The van der Waals surface area contributed by atoms with Gasteiger partial charge in [0.2, 0.25) is 5.89 Å². The summed E-state index contributed by atoms with van der Waals surface area (Å²) in [6, 6.07) is 10.4. The Morgan fingerprint density at radius 2 is 1.92 bits per heavy atom. The molecule has 1 heterocycles. The van der Waals surface area contributed by atoms with E-state index < -0.39 is 17.5 Å². The lowest BCUT2D eigenvalue weighted by molar-refractivity contribution is 0.102. The average Bonchev–Trinajstić information content (AvgIpc) is 3.02. The van der Waals surface area contributed by atoms with Crippen LogP contribution < -0.4 is 5.32 Å². The predicted octanol–water partition coefficient (Wildman–Crippen LogP) is 3.91. The van der Waals surface area contributed by atoms with E-state index in [9.17, 15) is 13.6 Å². The summed E-state index contributed by atoms with van der Waals surface area (Å²) in [6.45, 7) is 0. The van der Waals surface area contributed by atoms with E-state index in [4.69, 9.17) is 4.42 Å². The molecule has 2 aromatic carbocycles. The van der Waals surface area contributed by atoms with Gasteiger partial charge < -0.3 is 4.42 Å². The molecule has 0 atom stereocenters. The van der Waals surface area contributed by atoms with Crippen LogP contribution in [0, 0.1) is 11.6 Å². The highest BCUT2D eigenvalue weighted by Gasteiger charge is 2.16. The minimum absolute atomic E-state index is 0.149. The van der Waals surface area contributed by atoms with Gasteiger partial charge in [-0.1, -0.05) is 17.2 Å². The number of halogens is 2. The van der Waals surface area contributed by atoms with Crippen LogP contribution in [0.1, 0.15) is 21.8 Å². The summed E-state index contributed by atoms with van der Waals surface area (Å²) in [6.07, 6.45) is 2.40. The van der Waals surface area contributed by atoms with Crippen molar-refractivity contribution in [2.45, 2.75) is 11.3 Å². The number of carbonyl (C=O) groups excluding carboxylic acids is 1. The fourth-order valence-corrected chi connectivity index (χ4v) is 2.54. The van der Waals surface area contributed by atoms with Gasteiger partial charge in [-0.3, -0.25) is 10.1 Å².